The number of hydrogen-bond donors (Lipinski definition) is 1. The number of nitro benzene ring substituents is 1. The molecule has 0 unspecified atom stereocenters. The second-order valence-electron chi connectivity index (χ2n) is 5.14. The van der Waals surface area contributed by atoms with Crippen molar-refractivity contribution >= 4 is 28.3 Å². The molecule has 8 heteroatoms. The van der Waals surface area contributed by atoms with Gasteiger partial charge >= 0.3 is 0 Å². The number of rotatable bonds is 5. The van der Waals surface area contributed by atoms with Crippen LogP contribution in [-0.2, 0) is 0 Å². The highest BCUT2D eigenvalue weighted by Crippen LogP contribution is 2.26. The number of nitrogens with one attached hydrogen (secondary N) is 1. The molecule has 0 saturated heterocycles. The molecule has 3 aromatic rings. The monoisotopic (exact) mass is 366 g/mol. The minimum absolute atomic E-state index is 0.0307. The van der Waals surface area contributed by atoms with Crippen LogP contribution < -0.4 is 5.32 Å². The number of nitriles is 1. The molecule has 0 fully saturated rings. The topological polar surface area (TPSA) is 91.8 Å². The van der Waals surface area contributed by atoms with Gasteiger partial charge in [0.05, 0.1) is 22.4 Å². The molecule has 0 atom stereocenters. The summed E-state index contributed by atoms with van der Waals surface area (Å²) in [4.78, 5) is 14.4. The Bertz CT molecular complexity index is 1030. The van der Waals surface area contributed by atoms with Crippen molar-refractivity contribution < 1.29 is 9.31 Å². The van der Waals surface area contributed by atoms with Crippen LogP contribution >= 0.6 is 11.3 Å². The van der Waals surface area contributed by atoms with Crippen molar-refractivity contribution in [3.8, 4) is 17.3 Å². The highest BCUT2D eigenvalue weighted by atomic mass is 32.1. The van der Waals surface area contributed by atoms with E-state index in [1.807, 2.05) is 41.8 Å². The smallest absolute Gasteiger partial charge is 0.272 e. The Hall–Kier alpha value is -3.57. The van der Waals surface area contributed by atoms with Gasteiger partial charge in [0.2, 0.25) is 0 Å². The van der Waals surface area contributed by atoms with Gasteiger partial charge in [0.15, 0.2) is 5.82 Å². The highest BCUT2D eigenvalue weighted by molar-refractivity contribution is 7.11. The molecule has 0 spiro atoms. The lowest BCUT2D eigenvalue weighted by molar-refractivity contribution is -0.385. The number of halogens is 1. The van der Waals surface area contributed by atoms with E-state index in [0.29, 0.717) is 5.01 Å². The van der Waals surface area contributed by atoms with Gasteiger partial charge in [-0.2, -0.15) is 5.26 Å². The molecule has 1 N–H and O–H groups in total. The molecule has 2 aromatic carbocycles. The van der Waals surface area contributed by atoms with E-state index in [-0.39, 0.29) is 16.9 Å². The molecule has 1 aromatic heterocycles. The largest absolute Gasteiger partial charge is 0.358 e. The minimum atomic E-state index is -0.781. The summed E-state index contributed by atoms with van der Waals surface area (Å²) in [5.41, 5.74) is 1.60. The number of thiazole rings is 1. The van der Waals surface area contributed by atoms with Crippen molar-refractivity contribution in [2.24, 2.45) is 0 Å². The average Bonchev–Trinajstić information content (AvgIpc) is 3.14. The lowest BCUT2D eigenvalue weighted by atomic mass is 10.2. The fourth-order valence-electron chi connectivity index (χ4n) is 2.17. The third kappa shape index (κ3) is 3.74. The van der Waals surface area contributed by atoms with Crippen LogP contribution in [0.4, 0.5) is 15.8 Å². The molecule has 0 aliphatic heterocycles. The lowest BCUT2D eigenvalue weighted by Gasteiger charge is -2.03. The van der Waals surface area contributed by atoms with Gasteiger partial charge in [-0.05, 0) is 6.07 Å². The molecule has 1 heterocycles. The second kappa shape index (κ2) is 7.55. The normalized spacial score (nSPS) is 11.0. The van der Waals surface area contributed by atoms with Crippen LogP contribution in [0, 0.1) is 27.3 Å². The molecular formula is C18H11FN4O2S. The average molecular weight is 366 g/mol. The van der Waals surface area contributed by atoms with Crippen molar-refractivity contribution in [2.75, 3.05) is 5.32 Å². The van der Waals surface area contributed by atoms with Gasteiger partial charge in [-0.15, -0.1) is 11.3 Å². The number of allylic oxidation sites excluding steroid dienone is 1. The highest BCUT2D eigenvalue weighted by Gasteiger charge is 2.12. The Balaban J connectivity index is 1.83. The minimum Gasteiger partial charge on any atom is -0.358 e. The molecule has 0 bridgehead atoms. The van der Waals surface area contributed by atoms with Gasteiger partial charge in [-0.1, -0.05) is 30.3 Å². The zero-order valence-corrected chi connectivity index (χ0v) is 14.0. The first-order valence-electron chi connectivity index (χ1n) is 7.40. The van der Waals surface area contributed by atoms with Crippen molar-refractivity contribution in [3.05, 3.63) is 81.1 Å². The first-order valence-corrected chi connectivity index (χ1v) is 8.28. The summed E-state index contributed by atoms with van der Waals surface area (Å²) in [7, 11) is 0. The fourth-order valence-corrected chi connectivity index (χ4v) is 2.96. The maximum atomic E-state index is 13.9. The zero-order valence-electron chi connectivity index (χ0n) is 13.2. The molecule has 3 rings (SSSR count). The van der Waals surface area contributed by atoms with Crippen LogP contribution in [0.15, 0.2) is 60.1 Å². The SMILES string of the molecule is N#CC(=CNc1ccc([N+](=O)[O-])cc1F)c1nc(-c2ccccc2)cs1. The first-order chi connectivity index (χ1) is 12.6. The number of non-ortho nitro benzene ring substituents is 1. The molecule has 0 radical (unpaired) electrons. The van der Waals surface area contributed by atoms with Crippen molar-refractivity contribution in [1.29, 1.82) is 5.26 Å². The maximum absolute atomic E-state index is 13.9. The van der Waals surface area contributed by atoms with Crippen molar-refractivity contribution in [1.82, 2.24) is 4.98 Å². The van der Waals surface area contributed by atoms with Gasteiger partial charge in [0.25, 0.3) is 5.69 Å². The van der Waals surface area contributed by atoms with Gasteiger partial charge in [0.1, 0.15) is 16.6 Å². The van der Waals surface area contributed by atoms with Gasteiger partial charge < -0.3 is 5.32 Å². The predicted molar refractivity (Wildman–Crippen MR) is 97.8 cm³/mol. The number of aromatic nitrogens is 1. The number of nitrogens with zero attached hydrogens (tertiary/aromatic N) is 3. The van der Waals surface area contributed by atoms with Gasteiger partial charge in [0, 0.05) is 23.2 Å². The van der Waals surface area contributed by atoms with E-state index >= 15 is 0 Å². The zero-order chi connectivity index (χ0) is 18.5. The molecule has 128 valence electrons. The van der Waals surface area contributed by atoms with Crippen LogP contribution in [0.1, 0.15) is 5.01 Å². The summed E-state index contributed by atoms with van der Waals surface area (Å²) in [6, 6.07) is 14.8. The fraction of sp³-hybridized carbons (Fsp3) is 0. The third-order valence-corrected chi connectivity index (χ3v) is 4.34. The van der Waals surface area contributed by atoms with Crippen LogP contribution in [0.2, 0.25) is 0 Å². The number of hydrogen-bond acceptors (Lipinski definition) is 6. The van der Waals surface area contributed by atoms with Crippen LogP contribution in [0.3, 0.4) is 0 Å². The molecule has 6 nitrogen and oxygen atoms in total. The lowest BCUT2D eigenvalue weighted by Crippen LogP contribution is -1.96. The summed E-state index contributed by atoms with van der Waals surface area (Å²) in [5.74, 6) is -0.781. The van der Waals surface area contributed by atoms with E-state index in [1.165, 1.54) is 29.7 Å². The Morgan fingerprint density at radius 3 is 2.73 bits per heavy atom. The van der Waals surface area contributed by atoms with E-state index < -0.39 is 10.7 Å². The third-order valence-electron chi connectivity index (χ3n) is 3.46. The molecule has 26 heavy (non-hydrogen) atoms. The van der Waals surface area contributed by atoms with Crippen molar-refractivity contribution in [2.45, 2.75) is 0 Å². The predicted octanol–water partition coefficient (Wildman–Crippen LogP) is 4.83. The Morgan fingerprint density at radius 2 is 2.08 bits per heavy atom. The summed E-state index contributed by atoms with van der Waals surface area (Å²) in [6.07, 6.45) is 1.33. The summed E-state index contributed by atoms with van der Waals surface area (Å²) in [5, 5.41) is 25.0. The number of benzene rings is 2. The standard InChI is InChI=1S/C18H11FN4O2S/c19-15-8-14(23(24)25)6-7-16(15)21-10-13(9-20)18-22-17(11-26-18)12-4-2-1-3-5-12/h1-8,10-11,21H. The molecule has 0 aliphatic rings. The number of anilines is 1. The molecule has 0 aliphatic carbocycles. The van der Waals surface area contributed by atoms with E-state index in [9.17, 15) is 19.8 Å². The quantitative estimate of drug-likeness (QED) is 0.396. The maximum Gasteiger partial charge on any atom is 0.272 e. The second-order valence-corrected chi connectivity index (χ2v) is 6.00. The molecule has 0 amide bonds. The van der Waals surface area contributed by atoms with Crippen LogP contribution in [0.25, 0.3) is 16.8 Å². The van der Waals surface area contributed by atoms with Crippen LogP contribution in [-0.4, -0.2) is 9.91 Å². The molecular weight excluding hydrogens is 355 g/mol. The summed E-state index contributed by atoms with van der Waals surface area (Å²) in [6.45, 7) is 0. The van der Waals surface area contributed by atoms with Gasteiger partial charge in [-0.3, -0.25) is 10.1 Å². The Labute approximate surface area is 152 Å². The van der Waals surface area contributed by atoms with E-state index in [2.05, 4.69) is 10.3 Å². The number of nitro groups is 1. The van der Waals surface area contributed by atoms with E-state index in [0.717, 1.165) is 17.3 Å². The van der Waals surface area contributed by atoms with Crippen LogP contribution in [0.5, 0.6) is 0 Å². The van der Waals surface area contributed by atoms with Gasteiger partial charge in [-0.25, -0.2) is 9.37 Å². The first kappa shape index (κ1) is 17.3. The summed E-state index contributed by atoms with van der Waals surface area (Å²) < 4.78 is 13.9. The Morgan fingerprint density at radius 1 is 1.31 bits per heavy atom. The summed E-state index contributed by atoms with van der Waals surface area (Å²) >= 11 is 1.30. The van der Waals surface area contributed by atoms with E-state index in [1.54, 1.807) is 0 Å². The Kier molecular flexibility index (Phi) is 5.01. The van der Waals surface area contributed by atoms with E-state index in [4.69, 9.17) is 0 Å². The van der Waals surface area contributed by atoms with Crippen molar-refractivity contribution in [3.63, 3.8) is 0 Å². The molecule has 0 saturated carbocycles.